The Morgan fingerprint density at radius 3 is 3.16 bits per heavy atom. The van der Waals surface area contributed by atoms with Gasteiger partial charge in [-0.2, -0.15) is 0 Å². The molecular formula is C14H19N3OS. The van der Waals surface area contributed by atoms with Crippen LogP contribution in [0.5, 0.6) is 0 Å². The van der Waals surface area contributed by atoms with Gasteiger partial charge in [0.25, 0.3) is 0 Å². The highest BCUT2D eigenvalue weighted by Crippen LogP contribution is 2.26. The Bertz CT molecular complexity index is 533. The number of furan rings is 1. The summed E-state index contributed by atoms with van der Waals surface area (Å²) in [5.41, 5.74) is 1.32. The fraction of sp³-hybridized carbons (Fsp3) is 0.500. The van der Waals surface area contributed by atoms with E-state index < -0.39 is 0 Å². The molecule has 1 aliphatic rings. The smallest absolute Gasteiger partial charge is 0.162 e. The van der Waals surface area contributed by atoms with Gasteiger partial charge in [-0.25, -0.2) is 4.98 Å². The molecule has 102 valence electrons. The van der Waals surface area contributed by atoms with E-state index in [1.54, 1.807) is 17.6 Å². The molecule has 19 heavy (non-hydrogen) atoms. The van der Waals surface area contributed by atoms with Crippen molar-refractivity contribution in [3.8, 4) is 10.8 Å². The summed E-state index contributed by atoms with van der Waals surface area (Å²) in [5.74, 6) is 0.857. The molecule has 2 aromatic rings. The Morgan fingerprint density at radius 1 is 1.53 bits per heavy atom. The molecule has 3 rings (SSSR count). The van der Waals surface area contributed by atoms with Crippen molar-refractivity contribution in [1.29, 1.82) is 0 Å². The summed E-state index contributed by atoms with van der Waals surface area (Å²) < 4.78 is 5.39. The first-order valence-corrected chi connectivity index (χ1v) is 7.47. The summed E-state index contributed by atoms with van der Waals surface area (Å²) in [5, 5.41) is 6.54. The lowest BCUT2D eigenvalue weighted by molar-refractivity contribution is 0.0816. The maximum Gasteiger partial charge on any atom is 0.162 e. The fourth-order valence-electron chi connectivity index (χ4n) is 2.40. The van der Waals surface area contributed by atoms with Crippen LogP contribution in [0.25, 0.3) is 10.8 Å². The third kappa shape index (κ3) is 2.73. The molecule has 0 atom stereocenters. The maximum absolute atomic E-state index is 5.39. The van der Waals surface area contributed by atoms with Crippen molar-refractivity contribution in [3.05, 3.63) is 29.5 Å². The number of hydrogen-bond acceptors (Lipinski definition) is 5. The highest BCUT2D eigenvalue weighted by Gasteiger charge is 2.29. The molecule has 0 saturated carbocycles. The van der Waals surface area contributed by atoms with E-state index in [1.165, 1.54) is 0 Å². The summed E-state index contributed by atoms with van der Waals surface area (Å²) in [7, 11) is 0. The van der Waals surface area contributed by atoms with Gasteiger partial charge in [0, 0.05) is 37.1 Å². The van der Waals surface area contributed by atoms with Crippen molar-refractivity contribution in [2.75, 3.05) is 19.6 Å². The summed E-state index contributed by atoms with van der Waals surface area (Å²) >= 11 is 1.65. The molecule has 0 spiro atoms. The average Bonchev–Trinajstić information content (AvgIpc) is 3.02. The zero-order valence-electron chi connectivity index (χ0n) is 11.3. The average molecular weight is 277 g/mol. The third-order valence-corrected chi connectivity index (χ3v) is 4.51. The highest BCUT2D eigenvalue weighted by molar-refractivity contribution is 7.13. The summed E-state index contributed by atoms with van der Waals surface area (Å²) in [4.78, 5) is 7.17. The van der Waals surface area contributed by atoms with E-state index in [2.05, 4.69) is 34.4 Å². The number of aromatic nitrogens is 1. The molecule has 0 unspecified atom stereocenters. The van der Waals surface area contributed by atoms with Gasteiger partial charge in [0.15, 0.2) is 10.8 Å². The number of piperazine rings is 1. The van der Waals surface area contributed by atoms with E-state index in [0.29, 0.717) is 0 Å². The number of rotatable bonds is 3. The standard InChI is InChI=1S/C14H19N3OS/c1-14(2)10-15-5-6-17(14)8-11-9-19-13(16-11)12-4-3-7-18-12/h3-4,7,9,15H,5-6,8,10H2,1-2H3. The van der Waals surface area contributed by atoms with Crippen molar-refractivity contribution < 1.29 is 4.42 Å². The van der Waals surface area contributed by atoms with Gasteiger partial charge in [0.05, 0.1) is 12.0 Å². The minimum atomic E-state index is 0.187. The van der Waals surface area contributed by atoms with E-state index in [1.807, 2.05) is 12.1 Å². The van der Waals surface area contributed by atoms with E-state index >= 15 is 0 Å². The highest BCUT2D eigenvalue weighted by atomic mass is 32.1. The molecule has 1 aliphatic heterocycles. The van der Waals surface area contributed by atoms with Crippen LogP contribution in [0.3, 0.4) is 0 Å². The third-order valence-electron chi connectivity index (χ3n) is 3.61. The monoisotopic (exact) mass is 277 g/mol. The van der Waals surface area contributed by atoms with Crippen LogP contribution in [0.4, 0.5) is 0 Å². The molecule has 0 bridgehead atoms. The Balaban J connectivity index is 1.73. The Hall–Kier alpha value is -1.17. The number of nitrogens with zero attached hydrogens (tertiary/aromatic N) is 2. The van der Waals surface area contributed by atoms with E-state index in [9.17, 15) is 0 Å². The van der Waals surface area contributed by atoms with E-state index in [-0.39, 0.29) is 5.54 Å². The van der Waals surface area contributed by atoms with Crippen LogP contribution in [0.2, 0.25) is 0 Å². The minimum absolute atomic E-state index is 0.187. The molecule has 1 N–H and O–H groups in total. The fourth-order valence-corrected chi connectivity index (χ4v) is 3.18. The molecule has 1 fully saturated rings. The Labute approximate surface area is 117 Å². The maximum atomic E-state index is 5.39. The van der Waals surface area contributed by atoms with Crippen LogP contribution in [-0.4, -0.2) is 35.1 Å². The van der Waals surface area contributed by atoms with Gasteiger partial charge in [0.2, 0.25) is 0 Å². The molecule has 5 heteroatoms. The lowest BCUT2D eigenvalue weighted by Crippen LogP contribution is -2.57. The number of thiazole rings is 1. The Morgan fingerprint density at radius 2 is 2.42 bits per heavy atom. The van der Waals surface area contributed by atoms with Crippen molar-refractivity contribution in [1.82, 2.24) is 15.2 Å². The predicted molar refractivity (Wildman–Crippen MR) is 77.2 cm³/mol. The second-order valence-corrected chi connectivity index (χ2v) is 6.39. The lowest BCUT2D eigenvalue weighted by Gasteiger charge is -2.42. The second kappa shape index (κ2) is 5.07. The van der Waals surface area contributed by atoms with Gasteiger partial charge >= 0.3 is 0 Å². The van der Waals surface area contributed by atoms with E-state index in [0.717, 1.165) is 42.6 Å². The van der Waals surface area contributed by atoms with Gasteiger partial charge in [-0.05, 0) is 26.0 Å². The van der Waals surface area contributed by atoms with Crippen molar-refractivity contribution >= 4 is 11.3 Å². The number of hydrogen-bond donors (Lipinski definition) is 1. The first-order valence-electron chi connectivity index (χ1n) is 6.59. The van der Waals surface area contributed by atoms with Crippen LogP contribution in [0.1, 0.15) is 19.5 Å². The van der Waals surface area contributed by atoms with Crippen LogP contribution in [0, 0.1) is 0 Å². The van der Waals surface area contributed by atoms with Crippen molar-refractivity contribution in [2.24, 2.45) is 0 Å². The summed E-state index contributed by atoms with van der Waals surface area (Å²) in [6, 6.07) is 3.85. The van der Waals surface area contributed by atoms with Gasteiger partial charge in [0.1, 0.15) is 0 Å². The molecule has 0 aromatic carbocycles. The second-order valence-electron chi connectivity index (χ2n) is 5.53. The van der Waals surface area contributed by atoms with Crippen LogP contribution < -0.4 is 5.32 Å². The topological polar surface area (TPSA) is 41.3 Å². The first-order chi connectivity index (χ1) is 9.15. The molecule has 3 heterocycles. The van der Waals surface area contributed by atoms with Crippen LogP contribution >= 0.6 is 11.3 Å². The zero-order chi connectivity index (χ0) is 13.3. The van der Waals surface area contributed by atoms with Gasteiger partial charge < -0.3 is 9.73 Å². The Kier molecular flexibility index (Phi) is 3.43. The van der Waals surface area contributed by atoms with Gasteiger partial charge in [-0.3, -0.25) is 4.90 Å². The van der Waals surface area contributed by atoms with Gasteiger partial charge in [-0.1, -0.05) is 0 Å². The zero-order valence-corrected chi connectivity index (χ0v) is 12.2. The quantitative estimate of drug-likeness (QED) is 0.936. The minimum Gasteiger partial charge on any atom is -0.462 e. The van der Waals surface area contributed by atoms with Crippen LogP contribution in [-0.2, 0) is 6.54 Å². The predicted octanol–water partition coefficient (Wildman–Crippen LogP) is 2.59. The first kappa shape index (κ1) is 12.8. The lowest BCUT2D eigenvalue weighted by atomic mass is 10.00. The molecule has 0 amide bonds. The normalized spacial score (nSPS) is 19.7. The molecule has 0 aliphatic carbocycles. The number of nitrogens with one attached hydrogen (secondary N) is 1. The molecule has 4 nitrogen and oxygen atoms in total. The molecule has 0 radical (unpaired) electrons. The van der Waals surface area contributed by atoms with Crippen molar-refractivity contribution in [3.63, 3.8) is 0 Å². The largest absolute Gasteiger partial charge is 0.462 e. The van der Waals surface area contributed by atoms with Crippen LogP contribution in [0.15, 0.2) is 28.2 Å². The van der Waals surface area contributed by atoms with Gasteiger partial charge in [-0.15, -0.1) is 11.3 Å². The summed E-state index contributed by atoms with van der Waals surface area (Å²) in [6.07, 6.45) is 1.69. The SMILES string of the molecule is CC1(C)CNCCN1Cc1csc(-c2ccco2)n1. The van der Waals surface area contributed by atoms with Crippen molar-refractivity contribution in [2.45, 2.75) is 25.9 Å². The molecular weight excluding hydrogens is 258 g/mol. The summed E-state index contributed by atoms with van der Waals surface area (Å²) in [6.45, 7) is 8.62. The van der Waals surface area contributed by atoms with E-state index in [4.69, 9.17) is 4.42 Å². The molecule has 1 saturated heterocycles. The molecule has 2 aromatic heterocycles.